The highest BCUT2D eigenvalue weighted by molar-refractivity contribution is 6.10. The number of nitrogens with one attached hydrogen (secondary N) is 2. The van der Waals surface area contributed by atoms with Crippen molar-refractivity contribution < 1.29 is 19.1 Å². The van der Waals surface area contributed by atoms with Gasteiger partial charge >= 0.3 is 0 Å². The first kappa shape index (κ1) is 18.4. The lowest BCUT2D eigenvalue weighted by atomic mass is 10.1. The quantitative estimate of drug-likeness (QED) is 0.750. The van der Waals surface area contributed by atoms with Crippen LogP contribution < -0.4 is 10.6 Å². The minimum atomic E-state index is -0.582. The summed E-state index contributed by atoms with van der Waals surface area (Å²) in [7, 11) is 0. The Morgan fingerprint density at radius 2 is 1.80 bits per heavy atom. The number of hydrogen-bond donors (Lipinski definition) is 3. The predicted octanol–water partition coefficient (Wildman–Crippen LogP) is 3.56. The maximum atomic E-state index is 13.5. The van der Waals surface area contributed by atoms with Crippen LogP contribution in [-0.2, 0) is 0 Å². The molecular formula is C19H21FN2O3. The van der Waals surface area contributed by atoms with E-state index in [0.29, 0.717) is 12.5 Å². The van der Waals surface area contributed by atoms with Crippen LogP contribution in [0, 0.1) is 11.7 Å². The van der Waals surface area contributed by atoms with Gasteiger partial charge in [-0.25, -0.2) is 4.39 Å². The number of halogens is 1. The standard InChI is InChI=1S/C19H21FN2O3/c1-12(2)9-10-21-18(24)15-11-13(20)7-8-16(15)22-19(25)14-5-3-4-6-17(14)23/h3-8,11-12,23H,9-10H2,1-2H3,(H,21,24)(H,22,25). The fourth-order valence-corrected chi connectivity index (χ4v) is 2.24. The molecule has 0 saturated carbocycles. The maximum absolute atomic E-state index is 13.5. The molecule has 132 valence electrons. The topological polar surface area (TPSA) is 78.4 Å². The van der Waals surface area contributed by atoms with E-state index in [2.05, 4.69) is 10.6 Å². The molecule has 0 spiro atoms. The highest BCUT2D eigenvalue weighted by Gasteiger charge is 2.17. The van der Waals surface area contributed by atoms with Crippen LogP contribution in [0.2, 0.25) is 0 Å². The molecule has 0 aromatic heterocycles. The van der Waals surface area contributed by atoms with Gasteiger partial charge in [0.25, 0.3) is 11.8 Å². The third-order valence-electron chi connectivity index (χ3n) is 3.63. The normalized spacial score (nSPS) is 10.6. The van der Waals surface area contributed by atoms with Gasteiger partial charge in [-0.15, -0.1) is 0 Å². The van der Waals surface area contributed by atoms with Gasteiger partial charge in [-0.2, -0.15) is 0 Å². The SMILES string of the molecule is CC(C)CCNC(=O)c1cc(F)ccc1NC(=O)c1ccccc1O. The third kappa shape index (κ3) is 5.04. The molecule has 0 unspecified atom stereocenters. The van der Waals surface area contributed by atoms with Gasteiger partial charge in [0.1, 0.15) is 11.6 Å². The van der Waals surface area contributed by atoms with Crippen molar-refractivity contribution in [3.8, 4) is 5.75 Å². The van der Waals surface area contributed by atoms with Crippen LogP contribution in [-0.4, -0.2) is 23.5 Å². The number of benzene rings is 2. The van der Waals surface area contributed by atoms with Crippen molar-refractivity contribution in [3.05, 3.63) is 59.4 Å². The Balaban J connectivity index is 2.19. The van der Waals surface area contributed by atoms with E-state index in [-0.39, 0.29) is 22.6 Å². The van der Waals surface area contributed by atoms with E-state index >= 15 is 0 Å². The lowest BCUT2D eigenvalue weighted by Gasteiger charge is -2.13. The van der Waals surface area contributed by atoms with E-state index < -0.39 is 17.6 Å². The van der Waals surface area contributed by atoms with E-state index in [0.717, 1.165) is 18.6 Å². The van der Waals surface area contributed by atoms with Crippen LogP contribution >= 0.6 is 0 Å². The van der Waals surface area contributed by atoms with Gasteiger partial charge in [0, 0.05) is 6.54 Å². The second-order valence-corrected chi connectivity index (χ2v) is 6.10. The summed E-state index contributed by atoms with van der Waals surface area (Å²) < 4.78 is 13.5. The van der Waals surface area contributed by atoms with E-state index in [4.69, 9.17) is 0 Å². The second kappa shape index (κ2) is 8.28. The van der Waals surface area contributed by atoms with E-state index in [1.165, 1.54) is 18.2 Å². The molecule has 0 bridgehead atoms. The molecule has 0 atom stereocenters. The Kier molecular flexibility index (Phi) is 6.11. The largest absolute Gasteiger partial charge is 0.507 e. The molecule has 5 nitrogen and oxygen atoms in total. The number of amides is 2. The Bertz CT molecular complexity index is 775. The number of carbonyl (C=O) groups is 2. The Morgan fingerprint density at radius 1 is 1.08 bits per heavy atom. The zero-order valence-electron chi connectivity index (χ0n) is 14.2. The van der Waals surface area contributed by atoms with Crippen LogP contribution in [0.1, 0.15) is 41.0 Å². The van der Waals surface area contributed by atoms with Crippen LogP contribution in [0.25, 0.3) is 0 Å². The third-order valence-corrected chi connectivity index (χ3v) is 3.63. The molecule has 0 aliphatic carbocycles. The Hall–Kier alpha value is -2.89. The van der Waals surface area contributed by atoms with E-state index in [1.54, 1.807) is 12.1 Å². The summed E-state index contributed by atoms with van der Waals surface area (Å²) >= 11 is 0. The summed E-state index contributed by atoms with van der Waals surface area (Å²) in [6.45, 7) is 4.53. The number of phenols is 1. The lowest BCUT2D eigenvalue weighted by Crippen LogP contribution is -2.27. The smallest absolute Gasteiger partial charge is 0.259 e. The first-order valence-corrected chi connectivity index (χ1v) is 8.05. The predicted molar refractivity (Wildman–Crippen MR) is 94.2 cm³/mol. The van der Waals surface area contributed by atoms with E-state index in [1.807, 2.05) is 13.8 Å². The van der Waals surface area contributed by atoms with Crippen LogP contribution in [0.15, 0.2) is 42.5 Å². The van der Waals surface area contributed by atoms with Crippen LogP contribution in [0.3, 0.4) is 0 Å². The summed E-state index contributed by atoms with van der Waals surface area (Å²) in [5.41, 5.74) is 0.280. The summed E-state index contributed by atoms with van der Waals surface area (Å²) in [4.78, 5) is 24.6. The molecule has 0 radical (unpaired) electrons. The summed E-state index contributed by atoms with van der Waals surface area (Å²) in [5.74, 6) is -1.37. The number of hydrogen-bond acceptors (Lipinski definition) is 3. The second-order valence-electron chi connectivity index (χ2n) is 6.10. The lowest BCUT2D eigenvalue weighted by molar-refractivity contribution is 0.0952. The molecule has 2 rings (SSSR count). The van der Waals surface area contributed by atoms with Gasteiger partial charge in [0.2, 0.25) is 0 Å². The van der Waals surface area contributed by atoms with Crippen molar-refractivity contribution in [2.24, 2.45) is 5.92 Å². The molecule has 2 aromatic carbocycles. The summed E-state index contributed by atoms with van der Waals surface area (Å²) in [6, 6.07) is 9.60. The monoisotopic (exact) mass is 344 g/mol. The number of rotatable bonds is 6. The highest BCUT2D eigenvalue weighted by Crippen LogP contribution is 2.21. The molecule has 0 heterocycles. The van der Waals surface area contributed by atoms with Crippen molar-refractivity contribution in [2.45, 2.75) is 20.3 Å². The highest BCUT2D eigenvalue weighted by atomic mass is 19.1. The molecule has 6 heteroatoms. The van der Waals surface area contributed by atoms with Gasteiger partial charge in [-0.1, -0.05) is 26.0 Å². The molecule has 3 N–H and O–H groups in total. The number of aromatic hydroxyl groups is 1. The molecule has 0 fully saturated rings. The average molecular weight is 344 g/mol. The number of para-hydroxylation sites is 1. The maximum Gasteiger partial charge on any atom is 0.259 e. The zero-order chi connectivity index (χ0) is 18.4. The van der Waals surface area contributed by atoms with Gasteiger partial charge in [0.15, 0.2) is 0 Å². The summed E-state index contributed by atoms with van der Waals surface area (Å²) in [6.07, 6.45) is 0.792. The molecule has 2 amide bonds. The van der Waals surface area contributed by atoms with Crippen molar-refractivity contribution in [1.82, 2.24) is 5.32 Å². The number of anilines is 1. The number of phenolic OH excluding ortho intramolecular Hbond substituents is 1. The van der Waals surface area contributed by atoms with Gasteiger partial charge in [-0.3, -0.25) is 9.59 Å². The van der Waals surface area contributed by atoms with Crippen molar-refractivity contribution in [3.63, 3.8) is 0 Å². The van der Waals surface area contributed by atoms with E-state index in [9.17, 15) is 19.1 Å². The minimum Gasteiger partial charge on any atom is -0.507 e. The first-order valence-electron chi connectivity index (χ1n) is 8.05. The van der Waals surface area contributed by atoms with Gasteiger partial charge in [0.05, 0.1) is 16.8 Å². The molecule has 2 aromatic rings. The van der Waals surface area contributed by atoms with Gasteiger partial charge < -0.3 is 15.7 Å². The van der Waals surface area contributed by atoms with Crippen molar-refractivity contribution >= 4 is 17.5 Å². The van der Waals surface area contributed by atoms with Crippen molar-refractivity contribution in [2.75, 3.05) is 11.9 Å². The molecule has 0 saturated heterocycles. The first-order chi connectivity index (χ1) is 11.9. The van der Waals surface area contributed by atoms with Crippen molar-refractivity contribution in [1.29, 1.82) is 0 Å². The summed E-state index contributed by atoms with van der Waals surface area (Å²) in [5, 5.41) is 15.0. The molecular weight excluding hydrogens is 323 g/mol. The average Bonchev–Trinajstić information content (AvgIpc) is 2.56. The zero-order valence-corrected chi connectivity index (χ0v) is 14.2. The van der Waals surface area contributed by atoms with Crippen LogP contribution in [0.4, 0.5) is 10.1 Å². The molecule has 0 aliphatic rings. The molecule has 25 heavy (non-hydrogen) atoms. The minimum absolute atomic E-state index is 0.0347. The fourth-order valence-electron chi connectivity index (χ4n) is 2.24. The molecule has 0 aliphatic heterocycles. The van der Waals surface area contributed by atoms with Crippen LogP contribution in [0.5, 0.6) is 5.75 Å². The van der Waals surface area contributed by atoms with Gasteiger partial charge in [-0.05, 0) is 42.7 Å². The Labute approximate surface area is 145 Å². The number of carbonyl (C=O) groups excluding carboxylic acids is 2. The Morgan fingerprint density at radius 3 is 2.48 bits per heavy atom. The fraction of sp³-hybridized carbons (Fsp3) is 0.263.